The van der Waals surface area contributed by atoms with Crippen LogP contribution in [0.25, 0.3) is 10.8 Å². The number of H-pyrrole nitrogens is 1. The number of phenolic OH excluding ortho intramolecular Hbond substituents is 1. The molecule has 1 aliphatic rings. The first-order valence-electron chi connectivity index (χ1n) is 10.5. The number of fused-ring (bicyclic) bond motifs is 2. The molecule has 1 aromatic heterocycles. The van der Waals surface area contributed by atoms with Crippen LogP contribution in [0.1, 0.15) is 54.0 Å². The molecular formula is C24H25F3N2O3. The Morgan fingerprint density at radius 3 is 2.59 bits per heavy atom. The number of hydrogen-bond acceptors (Lipinski definition) is 4. The molecule has 32 heavy (non-hydrogen) atoms. The largest absolute Gasteiger partial charge is 0.507 e. The molecule has 3 aromatic rings. The van der Waals surface area contributed by atoms with Gasteiger partial charge in [0.15, 0.2) is 5.60 Å². The number of rotatable bonds is 3. The molecule has 0 amide bonds. The van der Waals surface area contributed by atoms with Crippen molar-refractivity contribution in [1.29, 1.82) is 0 Å². The summed E-state index contributed by atoms with van der Waals surface area (Å²) in [5.74, 6) is -0.693. The summed E-state index contributed by atoms with van der Waals surface area (Å²) < 4.78 is 43.0. The second kappa shape index (κ2) is 7.55. The van der Waals surface area contributed by atoms with E-state index in [9.17, 15) is 28.2 Å². The standard InChI is InChI=1S/C24H25F3N2O3/c1-4-14-11-23(32,24(25,26)27)21(17-10-12(2)13(3)20(30)19(14)17)29-18-7-5-6-16-15(18)8-9-28-22(16)31/h5-10,14,21,29-30,32H,4,11H2,1-3H3,(H,28,31)/t14-,21+,23-/m1/s1. The Kier molecular flexibility index (Phi) is 5.24. The van der Waals surface area contributed by atoms with Crippen molar-refractivity contribution in [2.45, 2.75) is 57.3 Å². The third-order valence-electron chi connectivity index (χ3n) is 6.74. The molecule has 0 aliphatic heterocycles. The number of nitrogens with one attached hydrogen (secondary N) is 2. The molecule has 5 nitrogen and oxygen atoms in total. The second-order valence-electron chi connectivity index (χ2n) is 8.55. The lowest BCUT2D eigenvalue weighted by molar-refractivity contribution is -0.272. The Labute approximate surface area is 182 Å². The summed E-state index contributed by atoms with van der Waals surface area (Å²) in [6.45, 7) is 5.18. The number of halogens is 3. The number of benzene rings is 2. The van der Waals surface area contributed by atoms with E-state index in [2.05, 4.69) is 10.3 Å². The van der Waals surface area contributed by atoms with Crippen LogP contribution in [0.5, 0.6) is 5.75 Å². The van der Waals surface area contributed by atoms with Crippen molar-refractivity contribution in [3.05, 3.63) is 69.1 Å². The van der Waals surface area contributed by atoms with Crippen molar-refractivity contribution >= 4 is 16.5 Å². The zero-order chi connectivity index (χ0) is 23.4. The molecule has 170 valence electrons. The highest BCUT2D eigenvalue weighted by molar-refractivity contribution is 5.93. The molecule has 4 N–H and O–H groups in total. The zero-order valence-electron chi connectivity index (χ0n) is 18.0. The summed E-state index contributed by atoms with van der Waals surface area (Å²) in [4.78, 5) is 14.7. The predicted octanol–water partition coefficient (Wildman–Crippen LogP) is 5.19. The van der Waals surface area contributed by atoms with E-state index in [1.54, 1.807) is 51.1 Å². The van der Waals surface area contributed by atoms with Gasteiger partial charge in [0.25, 0.3) is 5.56 Å². The van der Waals surface area contributed by atoms with Crippen molar-refractivity contribution < 1.29 is 23.4 Å². The summed E-state index contributed by atoms with van der Waals surface area (Å²) in [5, 5.41) is 25.6. The van der Waals surface area contributed by atoms with Gasteiger partial charge in [-0.1, -0.05) is 19.1 Å². The lowest BCUT2D eigenvalue weighted by Crippen LogP contribution is -2.55. The number of pyridine rings is 1. The van der Waals surface area contributed by atoms with Gasteiger partial charge in [-0.3, -0.25) is 4.79 Å². The van der Waals surface area contributed by atoms with Crippen molar-refractivity contribution in [3.8, 4) is 5.75 Å². The third-order valence-corrected chi connectivity index (χ3v) is 6.74. The van der Waals surface area contributed by atoms with E-state index >= 15 is 0 Å². The fraction of sp³-hybridized carbons (Fsp3) is 0.375. The highest BCUT2D eigenvalue weighted by Crippen LogP contribution is 2.55. The minimum absolute atomic E-state index is 0.0303. The molecule has 0 bridgehead atoms. The number of alkyl halides is 3. The molecule has 2 aromatic carbocycles. The monoisotopic (exact) mass is 446 g/mol. The van der Waals surface area contributed by atoms with Crippen LogP contribution in [0, 0.1) is 13.8 Å². The molecule has 4 rings (SSSR count). The van der Waals surface area contributed by atoms with Crippen LogP contribution in [0.3, 0.4) is 0 Å². The van der Waals surface area contributed by atoms with E-state index in [-0.39, 0.29) is 16.9 Å². The van der Waals surface area contributed by atoms with Gasteiger partial charge in [0.1, 0.15) is 5.75 Å². The van der Waals surface area contributed by atoms with Gasteiger partial charge in [0.05, 0.1) is 6.04 Å². The number of aromatic hydroxyl groups is 1. The van der Waals surface area contributed by atoms with E-state index in [1.165, 1.54) is 6.20 Å². The average molecular weight is 446 g/mol. The highest BCUT2D eigenvalue weighted by atomic mass is 19.4. The minimum Gasteiger partial charge on any atom is -0.507 e. The molecule has 0 unspecified atom stereocenters. The van der Waals surface area contributed by atoms with Crippen LogP contribution < -0.4 is 10.9 Å². The quantitative estimate of drug-likeness (QED) is 0.446. The Balaban J connectivity index is 1.98. The van der Waals surface area contributed by atoms with Crippen molar-refractivity contribution in [3.63, 3.8) is 0 Å². The molecule has 3 atom stereocenters. The van der Waals surface area contributed by atoms with E-state index in [1.807, 2.05) is 0 Å². The summed E-state index contributed by atoms with van der Waals surface area (Å²) in [6, 6.07) is 6.36. The minimum atomic E-state index is -4.92. The average Bonchev–Trinajstić information content (AvgIpc) is 2.73. The Hall–Kier alpha value is -3.00. The van der Waals surface area contributed by atoms with Crippen molar-refractivity contribution in [2.24, 2.45) is 0 Å². The summed E-state index contributed by atoms with van der Waals surface area (Å²) in [6.07, 6.45) is -3.75. The van der Waals surface area contributed by atoms with Crippen LogP contribution in [0.4, 0.5) is 18.9 Å². The SMILES string of the molecule is CC[C@@H]1C[C@](O)(C(F)(F)F)[C@@H](Nc2cccc3c(=O)[nH]ccc23)c2cc(C)c(C)c(O)c21. The van der Waals surface area contributed by atoms with Gasteiger partial charge in [-0.05, 0) is 67.5 Å². The lowest BCUT2D eigenvalue weighted by atomic mass is 9.68. The van der Waals surface area contributed by atoms with Crippen LogP contribution in [0.15, 0.2) is 41.3 Å². The number of aromatic nitrogens is 1. The summed E-state index contributed by atoms with van der Waals surface area (Å²) in [7, 11) is 0. The smallest absolute Gasteiger partial charge is 0.419 e. The van der Waals surface area contributed by atoms with E-state index < -0.39 is 30.2 Å². The highest BCUT2D eigenvalue weighted by Gasteiger charge is 2.62. The van der Waals surface area contributed by atoms with Crippen LogP contribution in [0.2, 0.25) is 0 Å². The van der Waals surface area contributed by atoms with E-state index in [0.717, 1.165) is 0 Å². The number of phenols is 1. The third kappa shape index (κ3) is 3.24. The summed E-state index contributed by atoms with van der Waals surface area (Å²) >= 11 is 0. The normalized spacial score (nSPS) is 23.2. The molecule has 0 spiro atoms. The fourth-order valence-corrected chi connectivity index (χ4v) is 4.79. The first kappa shape index (κ1) is 22.2. The first-order valence-corrected chi connectivity index (χ1v) is 10.5. The Morgan fingerprint density at radius 1 is 1.22 bits per heavy atom. The van der Waals surface area contributed by atoms with Crippen molar-refractivity contribution in [1.82, 2.24) is 4.98 Å². The van der Waals surface area contributed by atoms with Gasteiger partial charge < -0.3 is 20.5 Å². The zero-order valence-corrected chi connectivity index (χ0v) is 18.0. The van der Waals surface area contributed by atoms with E-state index in [0.29, 0.717) is 39.6 Å². The van der Waals surface area contributed by atoms with Crippen LogP contribution in [-0.4, -0.2) is 27.0 Å². The molecule has 0 fully saturated rings. The molecule has 0 radical (unpaired) electrons. The first-order chi connectivity index (χ1) is 15.0. The molecule has 0 saturated heterocycles. The Morgan fingerprint density at radius 2 is 1.94 bits per heavy atom. The van der Waals surface area contributed by atoms with Gasteiger partial charge in [0.2, 0.25) is 0 Å². The van der Waals surface area contributed by atoms with Gasteiger partial charge in [0, 0.05) is 28.2 Å². The maximum atomic E-state index is 14.3. The molecule has 0 saturated carbocycles. The topological polar surface area (TPSA) is 85.4 Å². The number of aryl methyl sites for hydroxylation is 1. The number of aliphatic hydroxyl groups is 1. The lowest BCUT2D eigenvalue weighted by Gasteiger charge is -2.46. The number of aromatic amines is 1. The molecular weight excluding hydrogens is 421 g/mol. The van der Waals surface area contributed by atoms with Crippen LogP contribution in [-0.2, 0) is 0 Å². The second-order valence-corrected chi connectivity index (χ2v) is 8.55. The van der Waals surface area contributed by atoms with Crippen LogP contribution >= 0.6 is 0 Å². The van der Waals surface area contributed by atoms with Gasteiger partial charge in [-0.25, -0.2) is 0 Å². The van der Waals surface area contributed by atoms with Gasteiger partial charge in [-0.2, -0.15) is 13.2 Å². The van der Waals surface area contributed by atoms with Gasteiger partial charge in [-0.15, -0.1) is 0 Å². The van der Waals surface area contributed by atoms with Gasteiger partial charge >= 0.3 is 6.18 Å². The fourth-order valence-electron chi connectivity index (χ4n) is 4.79. The van der Waals surface area contributed by atoms with E-state index in [4.69, 9.17) is 0 Å². The molecule has 8 heteroatoms. The molecule has 1 aliphatic carbocycles. The maximum Gasteiger partial charge on any atom is 0.419 e. The summed E-state index contributed by atoms with van der Waals surface area (Å²) in [5.41, 5.74) is -1.27. The predicted molar refractivity (Wildman–Crippen MR) is 117 cm³/mol. The van der Waals surface area contributed by atoms with Crippen molar-refractivity contribution in [2.75, 3.05) is 5.32 Å². The number of anilines is 1. The maximum absolute atomic E-state index is 14.3. The molecule has 1 heterocycles. The Bertz CT molecular complexity index is 1250. The number of hydrogen-bond donors (Lipinski definition) is 4.